The highest BCUT2D eigenvalue weighted by atomic mass is 32.2. The zero-order chi connectivity index (χ0) is 8.39. The Morgan fingerprint density at radius 2 is 2.33 bits per heavy atom. The van der Waals surface area contributed by atoms with Crippen molar-refractivity contribution in [2.24, 2.45) is 15.5 Å². The molecule has 2 rings (SSSR count). The van der Waals surface area contributed by atoms with E-state index in [9.17, 15) is 0 Å². The molecule has 0 saturated carbocycles. The van der Waals surface area contributed by atoms with Crippen molar-refractivity contribution >= 4 is 28.9 Å². The molecule has 1 aliphatic heterocycles. The van der Waals surface area contributed by atoms with Gasteiger partial charge in [-0.05, 0) is 28.1 Å². The van der Waals surface area contributed by atoms with Crippen molar-refractivity contribution in [3.8, 4) is 0 Å². The fraction of sp³-hybridized carbons (Fsp3) is 0.167. The summed E-state index contributed by atoms with van der Waals surface area (Å²) < 4.78 is 1.20. The number of thioether (sulfide) groups is 1. The molecule has 0 fully saturated rings. The lowest BCUT2D eigenvalue weighted by Gasteiger charge is -1.95. The van der Waals surface area contributed by atoms with Crippen molar-refractivity contribution in [3.63, 3.8) is 0 Å². The van der Waals surface area contributed by atoms with Gasteiger partial charge in [0.15, 0.2) is 0 Å². The van der Waals surface area contributed by atoms with Gasteiger partial charge < -0.3 is 0 Å². The second-order valence-corrected chi connectivity index (χ2v) is 4.02. The molecule has 0 unspecified atom stereocenters. The Balaban J connectivity index is 2.33. The predicted octanol–water partition coefficient (Wildman–Crippen LogP) is 2.12. The summed E-state index contributed by atoms with van der Waals surface area (Å²) in [6.45, 7) is 0. The minimum Gasteiger partial charge on any atom is -0.137 e. The van der Waals surface area contributed by atoms with Gasteiger partial charge in [0.2, 0.25) is 5.84 Å². The highest BCUT2D eigenvalue weighted by Crippen LogP contribution is 2.27. The van der Waals surface area contributed by atoms with Gasteiger partial charge in [0, 0.05) is 5.56 Å². The monoisotopic (exact) mass is 197 g/mol. The van der Waals surface area contributed by atoms with E-state index in [0.717, 1.165) is 5.56 Å². The van der Waals surface area contributed by atoms with Gasteiger partial charge in [0.05, 0.1) is 4.21 Å². The summed E-state index contributed by atoms with van der Waals surface area (Å²) in [5, 5.41) is 12.7. The van der Waals surface area contributed by atoms with Crippen LogP contribution in [0.4, 0.5) is 0 Å². The van der Waals surface area contributed by atoms with Crippen molar-refractivity contribution in [2.45, 2.75) is 4.21 Å². The zero-order valence-corrected chi connectivity index (χ0v) is 7.89. The second kappa shape index (κ2) is 3.24. The van der Waals surface area contributed by atoms with Crippen molar-refractivity contribution in [2.75, 3.05) is 6.26 Å². The van der Waals surface area contributed by atoms with Gasteiger partial charge >= 0.3 is 0 Å². The molecule has 0 N–H and O–H groups in total. The molecule has 0 spiro atoms. The maximum absolute atomic E-state index is 3.79. The summed E-state index contributed by atoms with van der Waals surface area (Å²) in [4.78, 5) is 0. The third kappa shape index (κ3) is 1.23. The molecule has 0 aromatic carbocycles. The number of hydrogen-bond acceptors (Lipinski definition) is 5. The van der Waals surface area contributed by atoms with E-state index in [1.54, 1.807) is 23.1 Å². The SMILES string of the molecule is CSc1sccc1C1=NN=N[N]1. The maximum Gasteiger partial charge on any atom is 0.209 e. The van der Waals surface area contributed by atoms with Crippen molar-refractivity contribution in [3.05, 3.63) is 17.0 Å². The van der Waals surface area contributed by atoms with Crippen LogP contribution in [-0.2, 0) is 0 Å². The summed E-state index contributed by atoms with van der Waals surface area (Å²) in [6, 6.07) is 1.98. The lowest BCUT2D eigenvalue weighted by atomic mass is 10.3. The molecule has 0 amide bonds. The largest absolute Gasteiger partial charge is 0.209 e. The average Bonchev–Trinajstić information content (AvgIpc) is 2.74. The zero-order valence-electron chi connectivity index (χ0n) is 6.26. The standard InChI is InChI=1S/C6H5N4S2/c1-11-6-4(2-3-12-6)5-7-9-10-8-5/h2-3H,1H3. The molecular formula is C6H5N4S2. The molecule has 0 aliphatic carbocycles. The molecule has 1 aromatic heterocycles. The van der Waals surface area contributed by atoms with E-state index in [-0.39, 0.29) is 0 Å². The van der Waals surface area contributed by atoms with Crippen molar-refractivity contribution < 1.29 is 0 Å². The summed E-state index contributed by atoms with van der Waals surface area (Å²) >= 11 is 3.36. The first-order chi connectivity index (χ1) is 5.92. The Bertz CT molecular complexity index is 341. The van der Waals surface area contributed by atoms with E-state index in [2.05, 4.69) is 21.0 Å². The number of rotatable bonds is 2. The summed E-state index contributed by atoms with van der Waals surface area (Å²) in [6.07, 6.45) is 2.03. The number of amidine groups is 1. The third-order valence-corrected chi connectivity index (χ3v) is 3.46. The molecule has 1 aliphatic rings. The van der Waals surface area contributed by atoms with Gasteiger partial charge in [0.25, 0.3) is 0 Å². The second-order valence-electron chi connectivity index (χ2n) is 2.03. The Hall–Kier alpha value is -0.880. The summed E-state index contributed by atoms with van der Waals surface area (Å²) in [5.41, 5.74) is 4.81. The van der Waals surface area contributed by atoms with Crippen molar-refractivity contribution in [1.29, 1.82) is 0 Å². The van der Waals surface area contributed by atoms with Gasteiger partial charge in [-0.25, -0.2) is 0 Å². The first-order valence-corrected chi connectivity index (χ1v) is 5.33. The maximum atomic E-state index is 3.79. The van der Waals surface area contributed by atoms with Crippen LogP contribution in [0.3, 0.4) is 0 Å². The van der Waals surface area contributed by atoms with Crippen LogP contribution in [0, 0.1) is 0 Å². The van der Waals surface area contributed by atoms with E-state index in [4.69, 9.17) is 0 Å². The molecule has 61 valence electrons. The van der Waals surface area contributed by atoms with E-state index in [0.29, 0.717) is 5.84 Å². The molecule has 12 heavy (non-hydrogen) atoms. The molecule has 0 bridgehead atoms. The van der Waals surface area contributed by atoms with Gasteiger partial charge in [-0.1, -0.05) is 0 Å². The normalized spacial score (nSPS) is 14.6. The first kappa shape index (κ1) is 7.75. The van der Waals surface area contributed by atoms with Gasteiger partial charge in [-0.15, -0.1) is 33.6 Å². The van der Waals surface area contributed by atoms with E-state index in [1.807, 2.05) is 17.7 Å². The predicted molar refractivity (Wildman–Crippen MR) is 49.6 cm³/mol. The molecule has 6 heteroatoms. The fourth-order valence-electron chi connectivity index (χ4n) is 0.872. The molecule has 4 nitrogen and oxygen atoms in total. The van der Waals surface area contributed by atoms with Crippen LogP contribution in [0.5, 0.6) is 0 Å². The minimum atomic E-state index is 0.612. The third-order valence-electron chi connectivity index (χ3n) is 1.37. The highest BCUT2D eigenvalue weighted by Gasteiger charge is 2.14. The molecule has 0 saturated heterocycles. The molecule has 0 atom stereocenters. The number of hydrogen-bond donors (Lipinski definition) is 0. The molecular weight excluding hydrogens is 192 g/mol. The first-order valence-electron chi connectivity index (χ1n) is 3.22. The lowest BCUT2D eigenvalue weighted by molar-refractivity contribution is 0.922. The minimum absolute atomic E-state index is 0.612. The quantitative estimate of drug-likeness (QED) is 0.670. The number of nitrogens with zero attached hydrogens (tertiary/aromatic N) is 4. The fourth-order valence-corrected chi connectivity index (χ4v) is 2.42. The molecule has 1 aromatic rings. The van der Waals surface area contributed by atoms with Crippen LogP contribution in [0.25, 0.3) is 0 Å². The van der Waals surface area contributed by atoms with Gasteiger partial charge in [0.1, 0.15) is 0 Å². The Labute approximate surface area is 77.8 Å². The molecule has 1 radical (unpaired) electrons. The highest BCUT2D eigenvalue weighted by molar-refractivity contribution is 8.00. The van der Waals surface area contributed by atoms with Crippen molar-refractivity contribution in [1.82, 2.24) is 5.43 Å². The lowest BCUT2D eigenvalue weighted by Crippen LogP contribution is -2.06. The number of thiophene rings is 1. The summed E-state index contributed by atoms with van der Waals surface area (Å²) in [5.74, 6) is 0.612. The van der Waals surface area contributed by atoms with Gasteiger partial charge in [-0.2, -0.15) is 0 Å². The van der Waals surface area contributed by atoms with Crippen LogP contribution >= 0.6 is 23.1 Å². The smallest absolute Gasteiger partial charge is 0.137 e. The van der Waals surface area contributed by atoms with E-state index >= 15 is 0 Å². The van der Waals surface area contributed by atoms with Crippen LogP contribution in [0.2, 0.25) is 0 Å². The Morgan fingerprint density at radius 1 is 1.42 bits per heavy atom. The summed E-state index contributed by atoms with van der Waals surface area (Å²) in [7, 11) is 0. The van der Waals surface area contributed by atoms with E-state index < -0.39 is 0 Å². The van der Waals surface area contributed by atoms with Crippen LogP contribution in [-0.4, -0.2) is 12.1 Å². The van der Waals surface area contributed by atoms with Crippen LogP contribution in [0.15, 0.2) is 31.2 Å². The Kier molecular flexibility index (Phi) is 2.09. The van der Waals surface area contributed by atoms with Gasteiger partial charge in [-0.3, -0.25) is 0 Å². The Morgan fingerprint density at radius 3 is 3.00 bits per heavy atom. The van der Waals surface area contributed by atoms with Crippen LogP contribution in [0.1, 0.15) is 5.56 Å². The van der Waals surface area contributed by atoms with Crippen LogP contribution < -0.4 is 5.43 Å². The molecule has 2 heterocycles. The van der Waals surface area contributed by atoms with E-state index in [1.165, 1.54) is 4.21 Å². The topological polar surface area (TPSA) is 51.2 Å². The average molecular weight is 197 g/mol.